The topological polar surface area (TPSA) is 6.48 Å². The molecular formula is C20H46N2Si. The van der Waals surface area contributed by atoms with E-state index in [4.69, 9.17) is 0 Å². The van der Waals surface area contributed by atoms with E-state index in [9.17, 15) is 0 Å². The minimum absolute atomic E-state index is 0.206. The van der Waals surface area contributed by atoms with Gasteiger partial charge in [0.1, 0.15) is 0 Å². The van der Waals surface area contributed by atoms with Crippen LogP contribution in [0, 0.1) is 0 Å². The first-order valence-electron chi connectivity index (χ1n) is 10.7. The van der Waals surface area contributed by atoms with Crippen LogP contribution in [0.3, 0.4) is 0 Å². The molecule has 0 unspecified atom stereocenters. The van der Waals surface area contributed by atoms with Crippen molar-refractivity contribution in [2.75, 3.05) is 26.2 Å². The Bertz CT molecular complexity index is 182. The maximum absolute atomic E-state index is 2.88. The van der Waals surface area contributed by atoms with Crippen LogP contribution in [-0.2, 0) is 0 Å². The number of hydrogen-bond acceptors (Lipinski definition) is 2. The van der Waals surface area contributed by atoms with Gasteiger partial charge in [-0.05, 0) is 51.9 Å². The molecule has 0 aromatic rings. The molecule has 0 heterocycles. The average Bonchev–Trinajstić information content (AvgIpc) is 2.55. The van der Waals surface area contributed by atoms with Crippen LogP contribution in [-0.4, -0.2) is 45.2 Å². The Labute approximate surface area is 150 Å². The summed E-state index contributed by atoms with van der Waals surface area (Å²) in [4.78, 5) is 0. The molecule has 0 saturated carbocycles. The van der Waals surface area contributed by atoms with Gasteiger partial charge in [-0.25, -0.2) is 0 Å². The van der Waals surface area contributed by atoms with E-state index in [0.717, 1.165) is 0 Å². The van der Waals surface area contributed by atoms with Crippen LogP contribution in [0.2, 0.25) is 0 Å². The van der Waals surface area contributed by atoms with Crippen molar-refractivity contribution in [2.45, 2.75) is 105 Å². The Morgan fingerprint density at radius 2 is 0.696 bits per heavy atom. The van der Waals surface area contributed by atoms with Gasteiger partial charge in [0.15, 0.2) is 9.84 Å². The summed E-state index contributed by atoms with van der Waals surface area (Å²) in [6.45, 7) is 14.7. The van der Waals surface area contributed by atoms with E-state index in [1.54, 1.807) is 0 Å². The third-order valence-electron chi connectivity index (χ3n) is 4.71. The van der Waals surface area contributed by atoms with Gasteiger partial charge in [0, 0.05) is 0 Å². The predicted molar refractivity (Wildman–Crippen MR) is 110 cm³/mol. The van der Waals surface area contributed by atoms with E-state index >= 15 is 0 Å². The highest BCUT2D eigenvalue weighted by Gasteiger charge is 2.11. The standard InChI is InChI=1S/C20H46N2Si/c1-5-9-13-17-21(18-14-10-6-2)23-22(19-15-11-7-3)20-16-12-8-4/h5-20,23H2,1-4H3. The molecule has 0 N–H and O–H groups in total. The van der Waals surface area contributed by atoms with Crippen molar-refractivity contribution in [1.29, 1.82) is 0 Å². The minimum atomic E-state index is -0.206. The van der Waals surface area contributed by atoms with Crippen LogP contribution >= 0.6 is 0 Å². The summed E-state index contributed by atoms with van der Waals surface area (Å²) >= 11 is 0. The van der Waals surface area contributed by atoms with E-state index in [1.807, 2.05) is 0 Å². The fraction of sp³-hybridized carbons (Fsp3) is 1.00. The highest BCUT2D eigenvalue weighted by Crippen LogP contribution is 2.06. The molecule has 3 heteroatoms. The molecule has 0 aliphatic carbocycles. The predicted octanol–water partition coefficient (Wildman–Crippen LogP) is 5.35. The molecule has 2 nitrogen and oxygen atoms in total. The van der Waals surface area contributed by atoms with Crippen molar-refractivity contribution < 1.29 is 0 Å². The van der Waals surface area contributed by atoms with E-state index < -0.39 is 0 Å². The highest BCUT2D eigenvalue weighted by molar-refractivity contribution is 6.28. The zero-order chi connectivity index (χ0) is 17.2. The first-order chi connectivity index (χ1) is 11.3. The maximum atomic E-state index is 2.88. The molecule has 0 aliphatic rings. The Morgan fingerprint density at radius 1 is 0.435 bits per heavy atom. The fourth-order valence-corrected chi connectivity index (χ4v) is 5.16. The fourth-order valence-electron chi connectivity index (χ4n) is 3.13. The van der Waals surface area contributed by atoms with Gasteiger partial charge in [-0.3, -0.25) is 0 Å². The molecule has 0 amide bonds. The SMILES string of the molecule is CCCCCN(CCCCC)[SiH2]N(CCCCC)CCCCC. The summed E-state index contributed by atoms with van der Waals surface area (Å²) in [7, 11) is -0.206. The van der Waals surface area contributed by atoms with Crippen LogP contribution in [0.4, 0.5) is 0 Å². The van der Waals surface area contributed by atoms with Crippen LogP contribution in [0.1, 0.15) is 105 Å². The third-order valence-corrected chi connectivity index (χ3v) is 6.78. The third kappa shape index (κ3) is 15.4. The Kier molecular flexibility index (Phi) is 18.6. The number of nitrogens with zero attached hydrogens (tertiary/aromatic N) is 2. The number of hydrogen-bond donors (Lipinski definition) is 0. The van der Waals surface area contributed by atoms with Crippen molar-refractivity contribution in [3.8, 4) is 0 Å². The zero-order valence-electron chi connectivity index (χ0n) is 16.9. The van der Waals surface area contributed by atoms with Gasteiger partial charge >= 0.3 is 0 Å². The van der Waals surface area contributed by atoms with Crippen molar-refractivity contribution in [1.82, 2.24) is 9.13 Å². The lowest BCUT2D eigenvalue weighted by Gasteiger charge is -2.30. The van der Waals surface area contributed by atoms with Gasteiger partial charge in [-0.2, -0.15) is 0 Å². The van der Waals surface area contributed by atoms with Crippen LogP contribution in [0.25, 0.3) is 0 Å². The highest BCUT2D eigenvalue weighted by atomic mass is 28.2. The van der Waals surface area contributed by atoms with Crippen molar-refractivity contribution >= 4 is 9.84 Å². The largest absolute Gasteiger partial charge is 0.317 e. The van der Waals surface area contributed by atoms with Crippen molar-refractivity contribution in [3.63, 3.8) is 0 Å². The van der Waals surface area contributed by atoms with Gasteiger partial charge in [0.25, 0.3) is 0 Å². The van der Waals surface area contributed by atoms with Crippen LogP contribution < -0.4 is 0 Å². The van der Waals surface area contributed by atoms with Gasteiger partial charge < -0.3 is 9.13 Å². The second kappa shape index (κ2) is 18.5. The van der Waals surface area contributed by atoms with Gasteiger partial charge in [0.05, 0.1) is 0 Å². The summed E-state index contributed by atoms with van der Waals surface area (Å²) in [5.74, 6) is 0. The normalized spacial score (nSPS) is 11.7. The monoisotopic (exact) mass is 342 g/mol. The van der Waals surface area contributed by atoms with E-state index in [0.29, 0.717) is 0 Å². The Hall–Kier alpha value is 0.137. The molecule has 0 saturated heterocycles. The minimum Gasteiger partial charge on any atom is -0.317 e. The average molecular weight is 343 g/mol. The number of unbranched alkanes of at least 4 members (excludes halogenated alkanes) is 8. The molecule has 0 aromatic heterocycles. The van der Waals surface area contributed by atoms with Gasteiger partial charge in [0.2, 0.25) is 0 Å². The summed E-state index contributed by atoms with van der Waals surface area (Å²) in [6, 6.07) is 0. The quantitative estimate of drug-likeness (QED) is 0.245. The molecule has 0 spiro atoms. The van der Waals surface area contributed by atoms with Crippen molar-refractivity contribution in [3.05, 3.63) is 0 Å². The van der Waals surface area contributed by atoms with E-state index in [-0.39, 0.29) is 9.84 Å². The molecule has 0 fully saturated rings. The smallest absolute Gasteiger partial charge is 0.173 e. The first-order valence-corrected chi connectivity index (χ1v) is 12.0. The second-order valence-corrected chi connectivity index (χ2v) is 9.28. The molecule has 0 aromatic carbocycles. The van der Waals surface area contributed by atoms with Crippen LogP contribution in [0.15, 0.2) is 0 Å². The summed E-state index contributed by atoms with van der Waals surface area (Å²) in [6.07, 6.45) is 16.7. The summed E-state index contributed by atoms with van der Waals surface area (Å²) in [5, 5.41) is 0. The first kappa shape index (κ1) is 23.1. The molecule has 0 atom stereocenters. The van der Waals surface area contributed by atoms with Gasteiger partial charge in [-0.15, -0.1) is 0 Å². The molecule has 0 radical (unpaired) electrons. The lowest BCUT2D eigenvalue weighted by atomic mass is 10.2. The maximum Gasteiger partial charge on any atom is 0.173 e. The molecule has 0 bridgehead atoms. The van der Waals surface area contributed by atoms with Crippen molar-refractivity contribution in [2.24, 2.45) is 0 Å². The lowest BCUT2D eigenvalue weighted by Crippen LogP contribution is -2.43. The summed E-state index contributed by atoms with van der Waals surface area (Å²) in [5.41, 5.74) is 0. The zero-order valence-corrected chi connectivity index (χ0v) is 18.3. The molecule has 23 heavy (non-hydrogen) atoms. The van der Waals surface area contributed by atoms with E-state index in [2.05, 4.69) is 36.8 Å². The molecule has 140 valence electrons. The molecular weight excluding hydrogens is 296 g/mol. The molecule has 0 aliphatic heterocycles. The van der Waals surface area contributed by atoms with E-state index in [1.165, 1.54) is 103 Å². The Morgan fingerprint density at radius 3 is 0.913 bits per heavy atom. The lowest BCUT2D eigenvalue weighted by molar-refractivity contribution is 0.337. The summed E-state index contributed by atoms with van der Waals surface area (Å²) < 4.78 is 5.76. The Balaban J connectivity index is 4.31. The van der Waals surface area contributed by atoms with Gasteiger partial charge in [-0.1, -0.05) is 79.1 Å². The molecule has 0 rings (SSSR count). The second-order valence-electron chi connectivity index (χ2n) is 7.21. The van der Waals surface area contributed by atoms with Crippen LogP contribution in [0.5, 0.6) is 0 Å². The number of rotatable bonds is 18.